The van der Waals surface area contributed by atoms with Gasteiger partial charge in [-0.2, -0.15) is 0 Å². The molecule has 1 fully saturated rings. The molecule has 1 aromatic rings. The fourth-order valence-electron chi connectivity index (χ4n) is 2.38. The Morgan fingerprint density at radius 2 is 2.00 bits per heavy atom. The summed E-state index contributed by atoms with van der Waals surface area (Å²) in [5, 5.41) is 4.09. The van der Waals surface area contributed by atoms with Crippen molar-refractivity contribution < 1.29 is 4.84 Å². The fraction of sp³-hybridized carbons (Fsp3) is 0.500. The van der Waals surface area contributed by atoms with Crippen molar-refractivity contribution in [1.29, 1.82) is 0 Å². The fourth-order valence-corrected chi connectivity index (χ4v) is 2.38. The summed E-state index contributed by atoms with van der Waals surface area (Å²) in [7, 11) is 1.63. The summed E-state index contributed by atoms with van der Waals surface area (Å²) >= 11 is 0. The van der Waals surface area contributed by atoms with E-state index in [-0.39, 0.29) is 0 Å². The van der Waals surface area contributed by atoms with Crippen molar-refractivity contribution in [2.24, 2.45) is 5.16 Å². The summed E-state index contributed by atoms with van der Waals surface area (Å²) in [6.07, 6.45) is 4.64. The zero-order valence-corrected chi connectivity index (χ0v) is 10.1. The predicted molar refractivity (Wildman–Crippen MR) is 66.8 cm³/mol. The topological polar surface area (TPSA) is 21.6 Å². The van der Waals surface area contributed by atoms with E-state index in [1.54, 1.807) is 7.11 Å². The monoisotopic (exact) mass is 217 g/mol. The molecule has 2 rings (SSSR count). The standard InChI is InChI=1S/C14H19NO/c1-11-6-8-12(9-7-11)13-4-3-5-14(10-13)15-16-2/h6-9,13H,3-5,10H2,1-2H3/b15-14+. The largest absolute Gasteiger partial charge is 0.399 e. The third-order valence-corrected chi connectivity index (χ3v) is 3.27. The maximum atomic E-state index is 4.87. The maximum absolute atomic E-state index is 4.87. The summed E-state index contributed by atoms with van der Waals surface area (Å²) in [5.74, 6) is 0.628. The summed E-state index contributed by atoms with van der Waals surface area (Å²) in [6, 6.07) is 8.87. The maximum Gasteiger partial charge on any atom is 0.106 e. The van der Waals surface area contributed by atoms with E-state index in [0.717, 1.165) is 12.8 Å². The van der Waals surface area contributed by atoms with Crippen LogP contribution >= 0.6 is 0 Å². The number of hydrogen-bond acceptors (Lipinski definition) is 2. The van der Waals surface area contributed by atoms with E-state index in [1.807, 2.05) is 0 Å². The molecule has 0 N–H and O–H groups in total. The lowest BCUT2D eigenvalue weighted by atomic mass is 9.83. The van der Waals surface area contributed by atoms with Gasteiger partial charge in [0, 0.05) is 0 Å². The van der Waals surface area contributed by atoms with Crippen molar-refractivity contribution in [2.45, 2.75) is 38.5 Å². The molecule has 0 aliphatic heterocycles. The second-order valence-corrected chi connectivity index (χ2v) is 4.54. The normalized spacial score (nSPS) is 23.4. The van der Waals surface area contributed by atoms with Gasteiger partial charge in [0.1, 0.15) is 7.11 Å². The summed E-state index contributed by atoms with van der Waals surface area (Å²) in [5.41, 5.74) is 3.97. The zero-order chi connectivity index (χ0) is 11.4. The van der Waals surface area contributed by atoms with Gasteiger partial charge >= 0.3 is 0 Å². The van der Waals surface area contributed by atoms with Crippen molar-refractivity contribution in [2.75, 3.05) is 7.11 Å². The molecule has 0 amide bonds. The Kier molecular flexibility index (Phi) is 3.60. The molecule has 0 aromatic heterocycles. The number of rotatable bonds is 2. The highest BCUT2D eigenvalue weighted by Gasteiger charge is 2.19. The second kappa shape index (κ2) is 5.15. The Morgan fingerprint density at radius 1 is 1.25 bits per heavy atom. The van der Waals surface area contributed by atoms with Crippen LogP contribution in [0.4, 0.5) is 0 Å². The van der Waals surface area contributed by atoms with Crippen LogP contribution in [0.25, 0.3) is 0 Å². The molecule has 16 heavy (non-hydrogen) atoms. The molecule has 0 saturated heterocycles. The average Bonchev–Trinajstić information content (AvgIpc) is 2.31. The molecule has 2 heteroatoms. The van der Waals surface area contributed by atoms with E-state index in [4.69, 9.17) is 4.84 Å². The Morgan fingerprint density at radius 3 is 2.69 bits per heavy atom. The SMILES string of the molecule is CO/N=C1\CCCC(c2ccc(C)cc2)C1. The first-order valence-electron chi connectivity index (χ1n) is 5.95. The van der Waals surface area contributed by atoms with Gasteiger partial charge in [-0.05, 0) is 44.1 Å². The number of aryl methyl sites for hydroxylation is 1. The van der Waals surface area contributed by atoms with Gasteiger partial charge in [-0.3, -0.25) is 0 Å². The van der Waals surface area contributed by atoms with Gasteiger partial charge in [-0.15, -0.1) is 0 Å². The van der Waals surface area contributed by atoms with Gasteiger partial charge in [0.05, 0.1) is 5.71 Å². The summed E-state index contributed by atoms with van der Waals surface area (Å²) in [4.78, 5) is 4.87. The molecule has 86 valence electrons. The molecule has 1 aliphatic rings. The Bertz CT molecular complexity index is 367. The molecular weight excluding hydrogens is 198 g/mol. The van der Waals surface area contributed by atoms with Crippen molar-refractivity contribution in [1.82, 2.24) is 0 Å². The van der Waals surface area contributed by atoms with E-state index in [0.29, 0.717) is 5.92 Å². The van der Waals surface area contributed by atoms with Crippen LogP contribution < -0.4 is 0 Å². The molecule has 2 nitrogen and oxygen atoms in total. The van der Waals surface area contributed by atoms with Gasteiger partial charge < -0.3 is 4.84 Å². The molecule has 1 aromatic carbocycles. The minimum atomic E-state index is 0.628. The Balaban J connectivity index is 2.09. The summed E-state index contributed by atoms with van der Waals surface area (Å²) < 4.78 is 0. The molecule has 1 saturated carbocycles. The average molecular weight is 217 g/mol. The highest BCUT2D eigenvalue weighted by Crippen LogP contribution is 2.31. The van der Waals surface area contributed by atoms with Crippen LogP contribution in [0.5, 0.6) is 0 Å². The minimum absolute atomic E-state index is 0.628. The van der Waals surface area contributed by atoms with Crippen molar-refractivity contribution in [3.8, 4) is 0 Å². The third kappa shape index (κ3) is 2.63. The van der Waals surface area contributed by atoms with Crippen molar-refractivity contribution in [3.63, 3.8) is 0 Å². The van der Waals surface area contributed by atoms with E-state index in [2.05, 4.69) is 36.3 Å². The van der Waals surface area contributed by atoms with Gasteiger partial charge in [0.15, 0.2) is 0 Å². The predicted octanol–water partition coefficient (Wildman–Crippen LogP) is 3.66. The Labute approximate surface area is 97.3 Å². The molecule has 0 spiro atoms. The van der Waals surface area contributed by atoms with E-state index in [1.165, 1.54) is 29.7 Å². The van der Waals surface area contributed by atoms with Gasteiger partial charge in [-0.1, -0.05) is 35.0 Å². The smallest absolute Gasteiger partial charge is 0.106 e. The van der Waals surface area contributed by atoms with Crippen LogP contribution in [-0.2, 0) is 4.84 Å². The van der Waals surface area contributed by atoms with Gasteiger partial charge in [0.2, 0.25) is 0 Å². The molecule has 0 radical (unpaired) electrons. The lowest BCUT2D eigenvalue weighted by molar-refractivity contribution is 0.210. The van der Waals surface area contributed by atoms with Crippen molar-refractivity contribution >= 4 is 5.71 Å². The molecule has 1 unspecified atom stereocenters. The van der Waals surface area contributed by atoms with Crippen LogP contribution in [0.15, 0.2) is 29.4 Å². The number of benzene rings is 1. The molecule has 0 heterocycles. The van der Waals surface area contributed by atoms with Gasteiger partial charge in [-0.25, -0.2) is 0 Å². The molecule has 1 aliphatic carbocycles. The highest BCUT2D eigenvalue weighted by molar-refractivity contribution is 5.85. The lowest BCUT2D eigenvalue weighted by Gasteiger charge is -2.23. The van der Waals surface area contributed by atoms with Crippen LogP contribution in [-0.4, -0.2) is 12.8 Å². The molecular formula is C14H19NO. The van der Waals surface area contributed by atoms with Crippen LogP contribution in [0, 0.1) is 6.92 Å². The van der Waals surface area contributed by atoms with Gasteiger partial charge in [0.25, 0.3) is 0 Å². The summed E-state index contributed by atoms with van der Waals surface area (Å²) in [6.45, 7) is 2.13. The minimum Gasteiger partial charge on any atom is -0.399 e. The third-order valence-electron chi connectivity index (χ3n) is 3.27. The number of nitrogens with zero attached hydrogens (tertiary/aromatic N) is 1. The Hall–Kier alpha value is -1.31. The van der Waals surface area contributed by atoms with E-state index in [9.17, 15) is 0 Å². The molecule has 1 atom stereocenters. The highest BCUT2D eigenvalue weighted by atomic mass is 16.6. The second-order valence-electron chi connectivity index (χ2n) is 4.54. The quantitative estimate of drug-likeness (QED) is 0.693. The number of oxime groups is 1. The van der Waals surface area contributed by atoms with Crippen molar-refractivity contribution in [3.05, 3.63) is 35.4 Å². The first kappa shape index (κ1) is 11.2. The lowest BCUT2D eigenvalue weighted by Crippen LogP contribution is -2.14. The number of hydrogen-bond donors (Lipinski definition) is 0. The van der Waals surface area contributed by atoms with E-state index < -0.39 is 0 Å². The van der Waals surface area contributed by atoms with Crippen LogP contribution in [0.3, 0.4) is 0 Å². The molecule has 0 bridgehead atoms. The van der Waals surface area contributed by atoms with Crippen LogP contribution in [0.2, 0.25) is 0 Å². The van der Waals surface area contributed by atoms with Crippen LogP contribution in [0.1, 0.15) is 42.7 Å². The zero-order valence-electron chi connectivity index (χ0n) is 10.1. The first-order chi connectivity index (χ1) is 7.79. The first-order valence-corrected chi connectivity index (χ1v) is 5.95. The van der Waals surface area contributed by atoms with E-state index >= 15 is 0 Å².